The maximum absolute atomic E-state index is 11.1. The number of carboxylic acids is 1. The number of nitrogens with two attached hydrogens (primary N) is 1. The third-order valence-electron chi connectivity index (χ3n) is 3.08. The lowest BCUT2D eigenvalue weighted by Gasteiger charge is -2.27. The van der Waals surface area contributed by atoms with Gasteiger partial charge in [-0.05, 0) is 37.8 Å². The molecule has 0 bridgehead atoms. The van der Waals surface area contributed by atoms with E-state index in [9.17, 15) is 4.79 Å². The number of nitrogens with zero attached hydrogens (tertiary/aromatic N) is 1. The van der Waals surface area contributed by atoms with Crippen LogP contribution in [0.25, 0.3) is 0 Å². The number of thioether (sulfide) groups is 1. The first kappa shape index (κ1) is 14.7. The van der Waals surface area contributed by atoms with Crippen molar-refractivity contribution in [2.24, 2.45) is 0 Å². The van der Waals surface area contributed by atoms with Gasteiger partial charge in [0.1, 0.15) is 0 Å². The highest BCUT2D eigenvalue weighted by atomic mass is 32.2. The number of carbonyl (C=O) groups is 1. The summed E-state index contributed by atoms with van der Waals surface area (Å²) in [5, 5.41) is 9.14. The lowest BCUT2D eigenvalue weighted by Crippen LogP contribution is -2.31. The molecule has 0 aliphatic heterocycles. The molecule has 1 atom stereocenters. The first-order valence-electron chi connectivity index (χ1n) is 5.73. The first-order valence-corrected chi connectivity index (χ1v) is 7.13. The Labute approximate surface area is 112 Å². The molecule has 1 rings (SSSR count). The van der Waals surface area contributed by atoms with Crippen LogP contribution in [0.2, 0.25) is 0 Å². The van der Waals surface area contributed by atoms with E-state index >= 15 is 0 Å². The van der Waals surface area contributed by atoms with E-state index < -0.39 is 5.97 Å². The Bertz CT molecular complexity index is 449. The average molecular weight is 268 g/mol. The molecule has 0 heterocycles. The van der Waals surface area contributed by atoms with Gasteiger partial charge in [0.15, 0.2) is 0 Å². The van der Waals surface area contributed by atoms with Gasteiger partial charge in [-0.15, -0.1) is 0 Å². The summed E-state index contributed by atoms with van der Waals surface area (Å²) in [5.74, 6) is 0.00543. The molecular formula is C13H20N2O2S. The van der Waals surface area contributed by atoms with Gasteiger partial charge in [-0.3, -0.25) is 0 Å². The zero-order chi connectivity index (χ0) is 13.9. The molecular weight excluding hydrogens is 248 g/mol. The van der Waals surface area contributed by atoms with E-state index in [4.69, 9.17) is 10.8 Å². The molecule has 0 saturated heterocycles. The second-order valence-corrected chi connectivity index (χ2v) is 5.36. The van der Waals surface area contributed by atoms with Gasteiger partial charge in [0, 0.05) is 30.2 Å². The highest BCUT2D eigenvalue weighted by Gasteiger charge is 2.16. The maximum atomic E-state index is 11.1. The predicted octanol–water partition coefficient (Wildman–Crippen LogP) is 2.46. The largest absolute Gasteiger partial charge is 0.478 e. The van der Waals surface area contributed by atoms with Crippen LogP contribution < -0.4 is 10.6 Å². The monoisotopic (exact) mass is 268 g/mol. The molecule has 0 saturated carbocycles. The molecule has 0 radical (unpaired) electrons. The van der Waals surface area contributed by atoms with Crippen molar-refractivity contribution in [3.05, 3.63) is 23.3 Å². The molecule has 5 heteroatoms. The zero-order valence-electron chi connectivity index (χ0n) is 11.2. The van der Waals surface area contributed by atoms with E-state index in [0.29, 0.717) is 11.7 Å². The molecule has 0 fully saturated rings. The second-order valence-electron chi connectivity index (χ2n) is 4.44. The van der Waals surface area contributed by atoms with Crippen LogP contribution in [-0.2, 0) is 0 Å². The Balaban J connectivity index is 3.14. The van der Waals surface area contributed by atoms with Crippen molar-refractivity contribution in [2.45, 2.75) is 19.9 Å². The van der Waals surface area contributed by atoms with Gasteiger partial charge < -0.3 is 15.7 Å². The lowest BCUT2D eigenvalue weighted by atomic mass is 10.1. The molecule has 0 amide bonds. The van der Waals surface area contributed by atoms with Gasteiger partial charge in [-0.1, -0.05) is 0 Å². The molecule has 0 aliphatic carbocycles. The van der Waals surface area contributed by atoms with E-state index in [0.717, 1.165) is 17.0 Å². The number of anilines is 2. The number of rotatable bonds is 5. The van der Waals surface area contributed by atoms with E-state index in [1.807, 2.05) is 20.0 Å². The Morgan fingerprint density at radius 2 is 2.17 bits per heavy atom. The minimum absolute atomic E-state index is 0.174. The van der Waals surface area contributed by atoms with Crippen LogP contribution >= 0.6 is 11.8 Å². The Morgan fingerprint density at radius 3 is 2.67 bits per heavy atom. The highest BCUT2D eigenvalue weighted by molar-refractivity contribution is 7.98. The second kappa shape index (κ2) is 6.00. The SMILES string of the molecule is CSCC(C)N(C)c1cc(C)c(N)c(C(=O)O)c1. The number of aryl methyl sites for hydroxylation is 1. The molecule has 4 nitrogen and oxygen atoms in total. The minimum Gasteiger partial charge on any atom is -0.478 e. The van der Waals surface area contributed by atoms with E-state index in [1.165, 1.54) is 0 Å². The smallest absolute Gasteiger partial charge is 0.337 e. The standard InChI is InChI=1S/C13H20N2O2S/c1-8-5-10(15(3)9(2)7-18-4)6-11(12(8)14)13(16)17/h5-6,9H,7,14H2,1-4H3,(H,16,17). The lowest BCUT2D eigenvalue weighted by molar-refractivity contribution is 0.0698. The number of hydrogen-bond donors (Lipinski definition) is 2. The fourth-order valence-electron chi connectivity index (χ4n) is 1.77. The van der Waals surface area contributed by atoms with Gasteiger partial charge in [0.2, 0.25) is 0 Å². The molecule has 0 aliphatic rings. The van der Waals surface area contributed by atoms with Crippen LogP contribution in [0, 0.1) is 6.92 Å². The van der Waals surface area contributed by atoms with Crippen molar-refractivity contribution in [2.75, 3.05) is 29.7 Å². The molecule has 1 aromatic carbocycles. The average Bonchev–Trinajstić information content (AvgIpc) is 2.31. The number of nitrogen functional groups attached to an aromatic ring is 1. The van der Waals surface area contributed by atoms with Gasteiger partial charge in [0.05, 0.1) is 5.56 Å². The van der Waals surface area contributed by atoms with Crippen LogP contribution in [0.3, 0.4) is 0 Å². The summed E-state index contributed by atoms with van der Waals surface area (Å²) in [6.07, 6.45) is 2.06. The molecule has 3 N–H and O–H groups in total. The normalized spacial score (nSPS) is 12.2. The minimum atomic E-state index is -0.983. The number of benzene rings is 1. The third kappa shape index (κ3) is 3.10. The molecule has 1 unspecified atom stereocenters. The van der Waals surface area contributed by atoms with Crippen LogP contribution in [0.15, 0.2) is 12.1 Å². The summed E-state index contributed by atoms with van der Waals surface area (Å²) in [7, 11) is 1.97. The number of aromatic carboxylic acids is 1. The Hall–Kier alpha value is -1.36. The molecule has 1 aromatic rings. The van der Waals surface area contributed by atoms with Crippen molar-refractivity contribution in [1.82, 2.24) is 0 Å². The first-order chi connectivity index (χ1) is 8.38. The highest BCUT2D eigenvalue weighted by Crippen LogP contribution is 2.26. The zero-order valence-corrected chi connectivity index (χ0v) is 12.0. The molecule has 100 valence electrons. The van der Waals surface area contributed by atoms with Crippen molar-refractivity contribution < 1.29 is 9.90 Å². The van der Waals surface area contributed by atoms with Crippen molar-refractivity contribution in [1.29, 1.82) is 0 Å². The summed E-state index contributed by atoms with van der Waals surface area (Å²) in [4.78, 5) is 13.2. The third-order valence-corrected chi connectivity index (χ3v) is 3.89. The van der Waals surface area contributed by atoms with Crippen molar-refractivity contribution in [3.63, 3.8) is 0 Å². The van der Waals surface area contributed by atoms with Gasteiger partial charge in [0.25, 0.3) is 0 Å². The van der Waals surface area contributed by atoms with Gasteiger partial charge in [-0.2, -0.15) is 11.8 Å². The van der Waals surface area contributed by atoms with Gasteiger partial charge in [-0.25, -0.2) is 4.79 Å². The topological polar surface area (TPSA) is 66.6 Å². The number of carboxylic acid groups (broad SMARTS) is 1. The van der Waals surface area contributed by atoms with E-state index in [-0.39, 0.29) is 5.56 Å². The quantitative estimate of drug-likeness (QED) is 0.803. The predicted molar refractivity (Wildman–Crippen MR) is 78.8 cm³/mol. The van der Waals surface area contributed by atoms with E-state index in [2.05, 4.69) is 18.1 Å². The molecule has 0 aromatic heterocycles. The summed E-state index contributed by atoms with van der Waals surface area (Å²) >= 11 is 1.77. The fourth-order valence-corrected chi connectivity index (χ4v) is 2.47. The summed E-state index contributed by atoms with van der Waals surface area (Å²) < 4.78 is 0. The summed E-state index contributed by atoms with van der Waals surface area (Å²) in [6, 6.07) is 3.91. The summed E-state index contributed by atoms with van der Waals surface area (Å²) in [5.41, 5.74) is 7.99. The summed E-state index contributed by atoms with van der Waals surface area (Å²) in [6.45, 7) is 3.95. The molecule has 0 spiro atoms. The van der Waals surface area contributed by atoms with Crippen LogP contribution in [0.5, 0.6) is 0 Å². The van der Waals surface area contributed by atoms with Gasteiger partial charge >= 0.3 is 5.97 Å². The maximum Gasteiger partial charge on any atom is 0.337 e. The van der Waals surface area contributed by atoms with E-state index in [1.54, 1.807) is 17.8 Å². The van der Waals surface area contributed by atoms with Crippen molar-refractivity contribution >= 4 is 29.1 Å². The van der Waals surface area contributed by atoms with Crippen LogP contribution in [0.1, 0.15) is 22.8 Å². The fraction of sp³-hybridized carbons (Fsp3) is 0.462. The van der Waals surface area contributed by atoms with Crippen LogP contribution in [-0.4, -0.2) is 36.2 Å². The number of hydrogen-bond acceptors (Lipinski definition) is 4. The van der Waals surface area contributed by atoms with Crippen LogP contribution in [0.4, 0.5) is 11.4 Å². The Kier molecular flexibility index (Phi) is 4.90. The Morgan fingerprint density at radius 1 is 1.56 bits per heavy atom. The van der Waals surface area contributed by atoms with Crippen molar-refractivity contribution in [3.8, 4) is 0 Å². The molecule has 18 heavy (non-hydrogen) atoms.